The topological polar surface area (TPSA) is 91.8 Å². The Labute approximate surface area is 157 Å². The lowest BCUT2D eigenvalue weighted by Gasteiger charge is -2.30. The second kappa shape index (κ2) is 6.83. The van der Waals surface area contributed by atoms with Crippen LogP contribution in [0.5, 0.6) is 0 Å². The number of aromatic nitrogens is 3. The minimum absolute atomic E-state index is 0.0445. The van der Waals surface area contributed by atoms with Gasteiger partial charge in [-0.1, -0.05) is 27.2 Å². The average molecular weight is 372 g/mol. The molecule has 1 aliphatic heterocycles. The van der Waals surface area contributed by atoms with Gasteiger partial charge in [-0.25, -0.2) is 15.0 Å². The van der Waals surface area contributed by atoms with Crippen LogP contribution in [0.15, 0.2) is 6.33 Å². The van der Waals surface area contributed by atoms with Crippen molar-refractivity contribution >= 4 is 39.7 Å². The maximum Gasteiger partial charge on any atom is 0.247 e. The predicted octanol–water partition coefficient (Wildman–Crippen LogP) is 3.58. The molecule has 138 valence electrons. The molecular weight excluding hydrogens is 348 g/mol. The molecule has 2 aromatic heterocycles. The summed E-state index contributed by atoms with van der Waals surface area (Å²) in [5, 5.41) is 10.3. The minimum atomic E-state index is -0.274. The van der Waals surface area contributed by atoms with E-state index in [1.165, 1.54) is 23.3 Å². The largest absolute Gasteiger partial charge is 0.356 e. The summed E-state index contributed by atoms with van der Waals surface area (Å²) in [6.45, 7) is 6.42. The van der Waals surface area contributed by atoms with E-state index in [-0.39, 0.29) is 17.9 Å². The van der Waals surface area contributed by atoms with Gasteiger partial charge in [0.25, 0.3) is 0 Å². The van der Waals surface area contributed by atoms with Crippen LogP contribution in [-0.2, 0) is 17.6 Å². The van der Waals surface area contributed by atoms with Crippen molar-refractivity contribution in [3.8, 4) is 0 Å². The normalized spacial score (nSPS) is 22.7. The zero-order valence-corrected chi connectivity index (χ0v) is 16.1. The molecule has 1 amide bonds. The fourth-order valence-corrected chi connectivity index (χ4v) is 4.62. The van der Waals surface area contributed by atoms with E-state index < -0.39 is 0 Å². The van der Waals surface area contributed by atoms with E-state index in [9.17, 15) is 4.79 Å². The standard InChI is InChI=1S/C18H24N6OS/c1-4-10(3)13-17(25)23-14-15(22-13)19-8-20-16(14)24-18-21-11-6-5-9(2)7-12(11)26-18/h8-10,13H,4-7H2,1-3H3,(H,23,25)(H2,19,20,21,22,24). The molecule has 0 aromatic carbocycles. The maximum absolute atomic E-state index is 12.5. The molecule has 4 rings (SSSR count). The highest BCUT2D eigenvalue weighted by Gasteiger charge is 2.32. The predicted molar refractivity (Wildman–Crippen MR) is 104 cm³/mol. The van der Waals surface area contributed by atoms with Crippen LogP contribution in [-0.4, -0.2) is 26.9 Å². The molecule has 2 aliphatic rings. The van der Waals surface area contributed by atoms with Crippen molar-refractivity contribution in [2.24, 2.45) is 11.8 Å². The number of carbonyl (C=O) groups excluding carboxylic acids is 1. The third-order valence-corrected chi connectivity index (χ3v) is 6.33. The molecule has 2 aromatic rings. The Balaban J connectivity index is 1.59. The van der Waals surface area contributed by atoms with Gasteiger partial charge in [-0.15, -0.1) is 11.3 Å². The van der Waals surface area contributed by atoms with Crippen molar-refractivity contribution in [2.45, 2.75) is 52.5 Å². The first-order valence-corrected chi connectivity index (χ1v) is 10.0. The summed E-state index contributed by atoms with van der Waals surface area (Å²) in [7, 11) is 0. The van der Waals surface area contributed by atoms with Gasteiger partial charge in [0.1, 0.15) is 18.1 Å². The van der Waals surface area contributed by atoms with Crippen molar-refractivity contribution in [2.75, 3.05) is 16.0 Å². The number of amides is 1. The molecule has 0 fully saturated rings. The third-order valence-electron chi connectivity index (χ3n) is 5.29. The molecule has 3 unspecified atom stereocenters. The second-order valence-corrected chi connectivity index (χ2v) is 8.39. The van der Waals surface area contributed by atoms with E-state index in [1.807, 2.05) is 0 Å². The van der Waals surface area contributed by atoms with E-state index in [4.69, 9.17) is 4.98 Å². The molecule has 3 atom stereocenters. The number of fused-ring (bicyclic) bond motifs is 2. The Morgan fingerprint density at radius 1 is 1.42 bits per heavy atom. The average Bonchev–Trinajstić information content (AvgIpc) is 3.02. The minimum Gasteiger partial charge on any atom is -0.356 e. The molecule has 0 bridgehead atoms. The molecule has 8 heteroatoms. The number of carbonyl (C=O) groups is 1. The number of rotatable bonds is 4. The summed E-state index contributed by atoms with van der Waals surface area (Å²) in [6, 6.07) is -0.274. The Hall–Kier alpha value is -2.22. The molecule has 3 heterocycles. The highest BCUT2D eigenvalue weighted by atomic mass is 32.1. The van der Waals surface area contributed by atoms with E-state index >= 15 is 0 Å². The van der Waals surface area contributed by atoms with Gasteiger partial charge in [0.05, 0.1) is 5.69 Å². The van der Waals surface area contributed by atoms with Crippen LogP contribution >= 0.6 is 11.3 Å². The zero-order valence-electron chi connectivity index (χ0n) is 15.3. The van der Waals surface area contributed by atoms with Crippen LogP contribution in [0.1, 0.15) is 44.2 Å². The van der Waals surface area contributed by atoms with Crippen molar-refractivity contribution < 1.29 is 4.79 Å². The fraction of sp³-hybridized carbons (Fsp3) is 0.556. The molecule has 0 saturated heterocycles. The van der Waals surface area contributed by atoms with Crippen LogP contribution in [0.25, 0.3) is 0 Å². The first-order chi connectivity index (χ1) is 12.5. The number of nitrogens with one attached hydrogen (secondary N) is 3. The van der Waals surface area contributed by atoms with Gasteiger partial charge in [0.15, 0.2) is 16.8 Å². The quantitative estimate of drug-likeness (QED) is 0.760. The lowest BCUT2D eigenvalue weighted by atomic mass is 9.93. The van der Waals surface area contributed by atoms with Crippen molar-refractivity contribution in [3.05, 3.63) is 16.9 Å². The molecule has 0 radical (unpaired) electrons. The van der Waals surface area contributed by atoms with Crippen molar-refractivity contribution in [1.29, 1.82) is 0 Å². The first kappa shape index (κ1) is 17.2. The molecular formula is C18H24N6OS. The monoisotopic (exact) mass is 372 g/mol. The van der Waals surface area contributed by atoms with Crippen LogP contribution in [0.3, 0.4) is 0 Å². The third kappa shape index (κ3) is 3.13. The number of hydrogen-bond donors (Lipinski definition) is 3. The fourth-order valence-electron chi connectivity index (χ4n) is 3.45. The number of aryl methyl sites for hydroxylation is 1. The zero-order chi connectivity index (χ0) is 18.3. The number of thiazole rings is 1. The lowest BCUT2D eigenvalue weighted by Crippen LogP contribution is -2.43. The van der Waals surface area contributed by atoms with Gasteiger partial charge >= 0.3 is 0 Å². The summed E-state index contributed by atoms with van der Waals surface area (Å²) in [4.78, 5) is 27.2. The van der Waals surface area contributed by atoms with Gasteiger partial charge in [-0.2, -0.15) is 0 Å². The van der Waals surface area contributed by atoms with Gasteiger partial charge < -0.3 is 16.0 Å². The van der Waals surface area contributed by atoms with E-state index in [1.54, 1.807) is 11.3 Å². The summed E-state index contributed by atoms with van der Waals surface area (Å²) in [5.41, 5.74) is 1.79. The highest BCUT2D eigenvalue weighted by Crippen LogP contribution is 2.37. The van der Waals surface area contributed by atoms with Gasteiger partial charge in [0.2, 0.25) is 5.91 Å². The molecule has 3 N–H and O–H groups in total. The van der Waals surface area contributed by atoms with Crippen LogP contribution < -0.4 is 16.0 Å². The molecule has 0 spiro atoms. The second-order valence-electron chi connectivity index (χ2n) is 7.30. The van der Waals surface area contributed by atoms with Crippen LogP contribution in [0.2, 0.25) is 0 Å². The first-order valence-electron chi connectivity index (χ1n) is 9.23. The number of nitrogens with zero attached hydrogens (tertiary/aromatic N) is 3. The molecule has 7 nitrogen and oxygen atoms in total. The Kier molecular flexibility index (Phi) is 4.52. The Morgan fingerprint density at radius 3 is 3.08 bits per heavy atom. The number of hydrogen-bond acceptors (Lipinski definition) is 7. The Bertz CT molecular complexity index is 835. The van der Waals surface area contributed by atoms with E-state index in [0.29, 0.717) is 23.2 Å². The summed E-state index contributed by atoms with van der Waals surface area (Å²) < 4.78 is 0. The Morgan fingerprint density at radius 2 is 2.27 bits per heavy atom. The van der Waals surface area contributed by atoms with Gasteiger partial charge in [-0.3, -0.25) is 4.79 Å². The molecule has 0 saturated carbocycles. The van der Waals surface area contributed by atoms with Crippen molar-refractivity contribution in [1.82, 2.24) is 15.0 Å². The van der Waals surface area contributed by atoms with Gasteiger partial charge in [-0.05, 0) is 31.1 Å². The van der Waals surface area contributed by atoms with E-state index in [2.05, 4.69) is 46.7 Å². The summed E-state index contributed by atoms with van der Waals surface area (Å²) >= 11 is 1.68. The SMILES string of the molecule is CCC(C)C1Nc2ncnc(Nc3nc4c(s3)CC(C)CC4)c2NC1=O. The van der Waals surface area contributed by atoms with Crippen molar-refractivity contribution in [3.63, 3.8) is 0 Å². The maximum atomic E-state index is 12.5. The summed E-state index contributed by atoms with van der Waals surface area (Å²) in [6.07, 6.45) is 5.74. The smallest absolute Gasteiger partial charge is 0.247 e. The summed E-state index contributed by atoms with van der Waals surface area (Å²) in [5.74, 6) is 2.13. The highest BCUT2D eigenvalue weighted by molar-refractivity contribution is 7.15. The van der Waals surface area contributed by atoms with Crippen LogP contribution in [0.4, 0.5) is 22.5 Å². The van der Waals surface area contributed by atoms with Crippen LogP contribution in [0, 0.1) is 11.8 Å². The van der Waals surface area contributed by atoms with Gasteiger partial charge in [0, 0.05) is 4.88 Å². The molecule has 26 heavy (non-hydrogen) atoms. The molecule has 1 aliphatic carbocycles. The number of anilines is 4. The lowest BCUT2D eigenvalue weighted by molar-refractivity contribution is -0.118. The van der Waals surface area contributed by atoms with E-state index in [0.717, 1.165) is 24.4 Å².